The molecule has 0 bridgehead atoms. The van der Waals surface area contributed by atoms with Gasteiger partial charge in [0.1, 0.15) is 12.4 Å². The second kappa shape index (κ2) is 6.73. The Hall–Kier alpha value is -0.580. The Morgan fingerprint density at radius 3 is 2.53 bits per heavy atom. The lowest BCUT2D eigenvalue weighted by Gasteiger charge is -2.28. The molecule has 4 heteroatoms. The number of hydrogen-bond donors (Lipinski definition) is 2. The zero-order chi connectivity index (χ0) is 14.6. The van der Waals surface area contributed by atoms with E-state index in [-0.39, 0.29) is 18.6 Å². The number of halogens is 1. The molecule has 2 N–H and O–H groups in total. The summed E-state index contributed by atoms with van der Waals surface area (Å²) in [6.07, 6.45) is 0. The third-order valence-electron chi connectivity index (χ3n) is 3.64. The minimum atomic E-state index is -0.826. The first kappa shape index (κ1) is 16.5. The standard InChI is InChI=1S/C15H24BrNO2/c1-10(2)15(4,18)9-19-14-7-6-12(16)8-13(14)11(3)17-5/h6-8,10-11,17-18H,9H2,1-5H3. The summed E-state index contributed by atoms with van der Waals surface area (Å²) in [4.78, 5) is 0. The van der Waals surface area contributed by atoms with Crippen LogP contribution in [0.5, 0.6) is 5.75 Å². The van der Waals surface area contributed by atoms with E-state index in [1.807, 2.05) is 39.1 Å². The van der Waals surface area contributed by atoms with Gasteiger partial charge in [0.15, 0.2) is 0 Å². The van der Waals surface area contributed by atoms with Gasteiger partial charge in [0.25, 0.3) is 0 Å². The molecular formula is C15H24BrNO2. The van der Waals surface area contributed by atoms with E-state index in [0.717, 1.165) is 15.8 Å². The largest absolute Gasteiger partial charge is 0.490 e. The van der Waals surface area contributed by atoms with Gasteiger partial charge in [0, 0.05) is 16.1 Å². The molecule has 0 fully saturated rings. The quantitative estimate of drug-likeness (QED) is 0.839. The van der Waals surface area contributed by atoms with Crippen molar-refractivity contribution in [3.05, 3.63) is 28.2 Å². The molecule has 2 atom stereocenters. The minimum Gasteiger partial charge on any atom is -0.490 e. The molecular weight excluding hydrogens is 306 g/mol. The molecule has 0 heterocycles. The van der Waals surface area contributed by atoms with Gasteiger partial charge in [-0.15, -0.1) is 0 Å². The Kier molecular flexibility index (Phi) is 5.83. The van der Waals surface area contributed by atoms with Gasteiger partial charge in [0.2, 0.25) is 0 Å². The van der Waals surface area contributed by atoms with Crippen LogP contribution < -0.4 is 10.1 Å². The lowest BCUT2D eigenvalue weighted by Crippen LogP contribution is -2.38. The summed E-state index contributed by atoms with van der Waals surface area (Å²) in [6.45, 7) is 8.15. The molecule has 0 saturated heterocycles. The van der Waals surface area contributed by atoms with Gasteiger partial charge >= 0.3 is 0 Å². The lowest BCUT2D eigenvalue weighted by atomic mass is 9.94. The number of hydrogen-bond acceptors (Lipinski definition) is 3. The van der Waals surface area contributed by atoms with Crippen molar-refractivity contribution in [3.8, 4) is 5.75 Å². The topological polar surface area (TPSA) is 41.5 Å². The third kappa shape index (κ3) is 4.48. The second-order valence-electron chi connectivity index (χ2n) is 5.49. The summed E-state index contributed by atoms with van der Waals surface area (Å²) in [5.74, 6) is 0.957. The second-order valence-corrected chi connectivity index (χ2v) is 6.41. The summed E-state index contributed by atoms with van der Waals surface area (Å²) in [6, 6.07) is 6.12. The fourth-order valence-corrected chi connectivity index (χ4v) is 1.91. The van der Waals surface area contributed by atoms with E-state index >= 15 is 0 Å². The highest BCUT2D eigenvalue weighted by Gasteiger charge is 2.26. The molecule has 0 saturated carbocycles. The van der Waals surface area contributed by atoms with Crippen molar-refractivity contribution in [1.82, 2.24) is 5.32 Å². The Morgan fingerprint density at radius 1 is 1.37 bits per heavy atom. The van der Waals surface area contributed by atoms with Crippen molar-refractivity contribution in [2.24, 2.45) is 5.92 Å². The maximum absolute atomic E-state index is 10.2. The van der Waals surface area contributed by atoms with Crippen LogP contribution in [-0.2, 0) is 0 Å². The zero-order valence-corrected chi connectivity index (χ0v) is 13.9. The van der Waals surface area contributed by atoms with Crippen molar-refractivity contribution in [1.29, 1.82) is 0 Å². The Balaban J connectivity index is 2.89. The zero-order valence-electron chi connectivity index (χ0n) is 12.3. The average Bonchev–Trinajstić information content (AvgIpc) is 2.36. The Labute approximate surface area is 124 Å². The van der Waals surface area contributed by atoms with Gasteiger partial charge in [-0.1, -0.05) is 29.8 Å². The van der Waals surface area contributed by atoms with Crippen LogP contribution in [0.4, 0.5) is 0 Å². The Bertz CT molecular complexity index is 419. The van der Waals surface area contributed by atoms with Crippen molar-refractivity contribution in [2.45, 2.75) is 39.3 Å². The van der Waals surface area contributed by atoms with Crippen molar-refractivity contribution in [3.63, 3.8) is 0 Å². The number of aliphatic hydroxyl groups is 1. The van der Waals surface area contributed by atoms with Crippen molar-refractivity contribution >= 4 is 15.9 Å². The maximum atomic E-state index is 10.2. The monoisotopic (exact) mass is 329 g/mol. The van der Waals surface area contributed by atoms with E-state index in [9.17, 15) is 5.11 Å². The molecule has 1 aromatic carbocycles. The third-order valence-corrected chi connectivity index (χ3v) is 4.13. The van der Waals surface area contributed by atoms with E-state index in [1.54, 1.807) is 6.92 Å². The predicted molar refractivity (Wildman–Crippen MR) is 82.6 cm³/mol. The van der Waals surface area contributed by atoms with E-state index in [2.05, 4.69) is 28.2 Å². The van der Waals surface area contributed by atoms with Crippen LogP contribution in [0.25, 0.3) is 0 Å². The highest BCUT2D eigenvalue weighted by molar-refractivity contribution is 9.10. The molecule has 108 valence electrons. The van der Waals surface area contributed by atoms with Gasteiger partial charge in [-0.25, -0.2) is 0 Å². The van der Waals surface area contributed by atoms with E-state index < -0.39 is 5.60 Å². The van der Waals surface area contributed by atoms with E-state index in [1.165, 1.54) is 0 Å². The first-order chi connectivity index (χ1) is 8.77. The number of nitrogens with one attached hydrogen (secondary N) is 1. The molecule has 1 aromatic rings. The van der Waals surface area contributed by atoms with E-state index in [0.29, 0.717) is 0 Å². The molecule has 0 aliphatic carbocycles. The van der Waals surface area contributed by atoms with Crippen LogP contribution in [0, 0.1) is 5.92 Å². The molecule has 2 unspecified atom stereocenters. The summed E-state index contributed by atoms with van der Waals surface area (Å²) >= 11 is 3.47. The Morgan fingerprint density at radius 2 is 2.00 bits per heavy atom. The van der Waals surface area contributed by atoms with Crippen LogP contribution >= 0.6 is 15.9 Å². The summed E-state index contributed by atoms with van der Waals surface area (Å²) < 4.78 is 6.85. The van der Waals surface area contributed by atoms with Crippen LogP contribution in [0.2, 0.25) is 0 Å². The smallest absolute Gasteiger partial charge is 0.124 e. The molecule has 0 aliphatic heterocycles. The molecule has 0 spiro atoms. The first-order valence-electron chi connectivity index (χ1n) is 6.60. The average molecular weight is 330 g/mol. The van der Waals surface area contributed by atoms with Gasteiger partial charge in [0.05, 0.1) is 5.60 Å². The SMILES string of the molecule is CNC(C)c1cc(Br)ccc1OCC(C)(O)C(C)C. The first-order valence-corrected chi connectivity index (χ1v) is 7.39. The molecule has 1 rings (SSSR count). The minimum absolute atomic E-state index is 0.146. The van der Waals surface area contributed by atoms with Crippen molar-refractivity contribution < 1.29 is 9.84 Å². The van der Waals surface area contributed by atoms with Gasteiger partial charge < -0.3 is 15.2 Å². The number of ether oxygens (including phenoxy) is 1. The molecule has 0 aromatic heterocycles. The number of rotatable bonds is 6. The summed E-state index contributed by atoms with van der Waals surface area (Å²) in [5.41, 5.74) is 0.254. The lowest BCUT2D eigenvalue weighted by molar-refractivity contribution is -0.0269. The number of benzene rings is 1. The van der Waals surface area contributed by atoms with Crippen LogP contribution in [0.15, 0.2) is 22.7 Å². The van der Waals surface area contributed by atoms with E-state index in [4.69, 9.17) is 4.74 Å². The normalized spacial score (nSPS) is 16.2. The molecule has 0 amide bonds. The molecule has 19 heavy (non-hydrogen) atoms. The maximum Gasteiger partial charge on any atom is 0.124 e. The predicted octanol–water partition coefficient (Wildman–Crippen LogP) is 3.52. The molecule has 0 radical (unpaired) electrons. The van der Waals surface area contributed by atoms with Gasteiger partial charge in [-0.2, -0.15) is 0 Å². The fourth-order valence-electron chi connectivity index (χ4n) is 1.54. The highest BCUT2D eigenvalue weighted by Crippen LogP contribution is 2.29. The van der Waals surface area contributed by atoms with Gasteiger partial charge in [-0.05, 0) is 45.0 Å². The fraction of sp³-hybridized carbons (Fsp3) is 0.600. The molecule has 0 aliphatic rings. The highest BCUT2D eigenvalue weighted by atomic mass is 79.9. The molecule has 3 nitrogen and oxygen atoms in total. The van der Waals surface area contributed by atoms with Crippen LogP contribution in [0.1, 0.15) is 39.3 Å². The van der Waals surface area contributed by atoms with Crippen molar-refractivity contribution in [2.75, 3.05) is 13.7 Å². The van der Waals surface area contributed by atoms with Crippen LogP contribution in [0.3, 0.4) is 0 Å². The summed E-state index contributed by atoms with van der Waals surface area (Å²) in [7, 11) is 1.92. The summed E-state index contributed by atoms with van der Waals surface area (Å²) in [5, 5.41) is 13.4. The van der Waals surface area contributed by atoms with Crippen LogP contribution in [-0.4, -0.2) is 24.4 Å². The van der Waals surface area contributed by atoms with Gasteiger partial charge in [-0.3, -0.25) is 0 Å².